The third-order valence-electron chi connectivity index (χ3n) is 4.84. The molecule has 1 fully saturated rings. The number of hydrogen-bond acceptors (Lipinski definition) is 1. The van der Waals surface area contributed by atoms with Crippen molar-refractivity contribution in [1.82, 2.24) is 5.32 Å². The van der Waals surface area contributed by atoms with Crippen molar-refractivity contribution in [3.63, 3.8) is 0 Å². The molecule has 1 atom stereocenters. The van der Waals surface area contributed by atoms with E-state index in [4.69, 9.17) is 11.6 Å². The topological polar surface area (TPSA) is 12.0 Å². The highest BCUT2D eigenvalue weighted by atomic mass is 35.5. The van der Waals surface area contributed by atoms with Crippen molar-refractivity contribution in [3.8, 4) is 0 Å². The molecule has 0 aromatic heterocycles. The van der Waals surface area contributed by atoms with Crippen LogP contribution in [0.5, 0.6) is 0 Å². The van der Waals surface area contributed by atoms with Gasteiger partial charge in [-0.1, -0.05) is 75.2 Å². The first-order chi connectivity index (χ1) is 10.3. The van der Waals surface area contributed by atoms with Gasteiger partial charge in [-0.3, -0.25) is 0 Å². The van der Waals surface area contributed by atoms with Crippen LogP contribution < -0.4 is 5.32 Å². The van der Waals surface area contributed by atoms with Crippen LogP contribution in [-0.2, 0) is 6.42 Å². The summed E-state index contributed by atoms with van der Waals surface area (Å²) >= 11 is 6.38. The Labute approximate surface area is 135 Å². The molecule has 2 heteroatoms. The third kappa shape index (κ3) is 5.64. The minimum Gasteiger partial charge on any atom is -0.316 e. The van der Waals surface area contributed by atoms with Crippen molar-refractivity contribution in [1.29, 1.82) is 0 Å². The van der Waals surface area contributed by atoms with Gasteiger partial charge in [0, 0.05) is 5.02 Å². The lowest BCUT2D eigenvalue weighted by atomic mass is 9.82. The highest BCUT2D eigenvalue weighted by Crippen LogP contribution is 2.32. The maximum atomic E-state index is 6.38. The van der Waals surface area contributed by atoms with E-state index in [2.05, 4.69) is 24.4 Å². The highest BCUT2D eigenvalue weighted by Gasteiger charge is 2.23. The Morgan fingerprint density at radius 1 is 1.14 bits per heavy atom. The third-order valence-corrected chi connectivity index (χ3v) is 5.21. The van der Waals surface area contributed by atoms with Gasteiger partial charge in [0.1, 0.15) is 0 Å². The van der Waals surface area contributed by atoms with Crippen molar-refractivity contribution in [2.75, 3.05) is 13.1 Å². The molecule has 1 aliphatic rings. The summed E-state index contributed by atoms with van der Waals surface area (Å²) in [5, 5.41) is 4.59. The molecule has 2 rings (SSSR count). The Bertz CT molecular complexity index is 396. The molecule has 0 saturated heterocycles. The van der Waals surface area contributed by atoms with Gasteiger partial charge < -0.3 is 5.32 Å². The first-order valence-electron chi connectivity index (χ1n) is 8.75. The Balaban J connectivity index is 2.01. The van der Waals surface area contributed by atoms with Gasteiger partial charge in [-0.05, 0) is 49.4 Å². The van der Waals surface area contributed by atoms with Crippen LogP contribution in [0.1, 0.15) is 57.4 Å². The average molecular weight is 308 g/mol. The zero-order valence-corrected chi connectivity index (χ0v) is 14.2. The second kappa shape index (κ2) is 9.48. The standard InChI is InChI=1S/C19H30ClN/c1-2-13-21-15-18(16-9-5-3-4-6-10-16)14-17-11-7-8-12-19(17)20/h7-8,11-12,16,18,21H,2-6,9-10,13-15H2,1H3. The SMILES string of the molecule is CCCNCC(Cc1ccccc1Cl)C1CCCCCC1. The second-order valence-electron chi connectivity index (χ2n) is 6.51. The molecular weight excluding hydrogens is 278 g/mol. The van der Waals surface area contributed by atoms with E-state index < -0.39 is 0 Å². The van der Waals surface area contributed by atoms with Gasteiger partial charge in [-0.15, -0.1) is 0 Å². The van der Waals surface area contributed by atoms with Gasteiger partial charge >= 0.3 is 0 Å². The largest absolute Gasteiger partial charge is 0.316 e. The van der Waals surface area contributed by atoms with E-state index >= 15 is 0 Å². The summed E-state index contributed by atoms with van der Waals surface area (Å²) in [6.45, 7) is 4.51. The lowest BCUT2D eigenvalue weighted by molar-refractivity contribution is 0.285. The molecule has 0 aliphatic heterocycles. The predicted octanol–water partition coefficient (Wildman–Crippen LogP) is 5.47. The van der Waals surface area contributed by atoms with Crippen LogP contribution in [0.15, 0.2) is 24.3 Å². The minimum atomic E-state index is 0.731. The number of rotatable bonds is 7. The van der Waals surface area contributed by atoms with Crippen LogP contribution in [0, 0.1) is 11.8 Å². The van der Waals surface area contributed by atoms with Crippen LogP contribution >= 0.6 is 11.6 Å². The van der Waals surface area contributed by atoms with Crippen LogP contribution in [0.3, 0.4) is 0 Å². The fourth-order valence-corrected chi connectivity index (χ4v) is 3.81. The minimum absolute atomic E-state index is 0.731. The Hall–Kier alpha value is -0.530. The number of nitrogens with one attached hydrogen (secondary N) is 1. The first-order valence-corrected chi connectivity index (χ1v) is 9.13. The van der Waals surface area contributed by atoms with Gasteiger partial charge in [0.25, 0.3) is 0 Å². The highest BCUT2D eigenvalue weighted by molar-refractivity contribution is 6.31. The number of benzene rings is 1. The number of hydrogen-bond donors (Lipinski definition) is 1. The maximum absolute atomic E-state index is 6.38. The zero-order valence-electron chi connectivity index (χ0n) is 13.4. The Kier molecular flexibility index (Phi) is 7.60. The van der Waals surface area contributed by atoms with Crippen LogP contribution in [-0.4, -0.2) is 13.1 Å². The molecular formula is C19H30ClN. The van der Waals surface area contributed by atoms with Gasteiger partial charge in [-0.25, -0.2) is 0 Å². The quantitative estimate of drug-likeness (QED) is 0.520. The molecule has 0 spiro atoms. The molecule has 1 saturated carbocycles. The van der Waals surface area contributed by atoms with E-state index in [1.54, 1.807) is 0 Å². The molecule has 0 heterocycles. The smallest absolute Gasteiger partial charge is 0.0438 e. The molecule has 1 aliphatic carbocycles. The summed E-state index contributed by atoms with van der Waals surface area (Å²) in [7, 11) is 0. The lowest BCUT2D eigenvalue weighted by Gasteiger charge is -2.27. The summed E-state index contributed by atoms with van der Waals surface area (Å²) < 4.78 is 0. The molecule has 118 valence electrons. The van der Waals surface area contributed by atoms with Crippen molar-refractivity contribution in [2.24, 2.45) is 11.8 Å². The summed E-state index contributed by atoms with van der Waals surface area (Å²) in [6, 6.07) is 8.37. The van der Waals surface area contributed by atoms with Gasteiger partial charge in [-0.2, -0.15) is 0 Å². The van der Waals surface area contributed by atoms with Crippen molar-refractivity contribution >= 4 is 11.6 Å². The first kappa shape index (κ1) is 16.8. The molecule has 1 N–H and O–H groups in total. The van der Waals surface area contributed by atoms with E-state index in [1.807, 2.05) is 12.1 Å². The van der Waals surface area contributed by atoms with Crippen LogP contribution in [0.25, 0.3) is 0 Å². The zero-order chi connectivity index (χ0) is 14.9. The molecule has 0 bridgehead atoms. The average Bonchev–Trinajstić information content (AvgIpc) is 2.77. The predicted molar refractivity (Wildman–Crippen MR) is 93.0 cm³/mol. The summed E-state index contributed by atoms with van der Waals surface area (Å²) in [6.07, 6.45) is 10.8. The van der Waals surface area contributed by atoms with Crippen molar-refractivity contribution < 1.29 is 0 Å². The van der Waals surface area contributed by atoms with Crippen molar-refractivity contribution in [2.45, 2.75) is 58.3 Å². The summed E-state index contributed by atoms with van der Waals surface area (Å²) in [5.41, 5.74) is 1.33. The summed E-state index contributed by atoms with van der Waals surface area (Å²) in [5.74, 6) is 1.60. The Morgan fingerprint density at radius 2 is 1.86 bits per heavy atom. The molecule has 0 radical (unpaired) electrons. The van der Waals surface area contributed by atoms with Crippen LogP contribution in [0.4, 0.5) is 0 Å². The van der Waals surface area contributed by atoms with E-state index in [0.717, 1.165) is 36.4 Å². The molecule has 1 nitrogen and oxygen atoms in total. The maximum Gasteiger partial charge on any atom is 0.0438 e. The molecule has 1 unspecified atom stereocenters. The molecule has 1 aromatic carbocycles. The van der Waals surface area contributed by atoms with E-state index in [-0.39, 0.29) is 0 Å². The molecule has 21 heavy (non-hydrogen) atoms. The lowest BCUT2D eigenvalue weighted by Crippen LogP contribution is -2.30. The number of halogens is 1. The fourth-order valence-electron chi connectivity index (χ4n) is 3.60. The monoisotopic (exact) mass is 307 g/mol. The Morgan fingerprint density at radius 3 is 2.52 bits per heavy atom. The fraction of sp³-hybridized carbons (Fsp3) is 0.684. The van der Waals surface area contributed by atoms with Gasteiger partial charge in [0.2, 0.25) is 0 Å². The van der Waals surface area contributed by atoms with Gasteiger partial charge in [0.05, 0.1) is 0 Å². The van der Waals surface area contributed by atoms with Gasteiger partial charge in [0.15, 0.2) is 0 Å². The van der Waals surface area contributed by atoms with Crippen molar-refractivity contribution in [3.05, 3.63) is 34.9 Å². The normalized spacial score (nSPS) is 18.4. The second-order valence-corrected chi connectivity index (χ2v) is 6.92. The van der Waals surface area contributed by atoms with Crippen LogP contribution in [0.2, 0.25) is 5.02 Å². The molecule has 0 amide bonds. The van der Waals surface area contributed by atoms with E-state index in [1.165, 1.54) is 50.5 Å². The summed E-state index contributed by atoms with van der Waals surface area (Å²) in [4.78, 5) is 0. The van der Waals surface area contributed by atoms with E-state index in [9.17, 15) is 0 Å². The molecule has 1 aromatic rings. The van der Waals surface area contributed by atoms with E-state index in [0.29, 0.717) is 0 Å².